The number of amides is 1. The van der Waals surface area contributed by atoms with Gasteiger partial charge in [0.15, 0.2) is 0 Å². The van der Waals surface area contributed by atoms with Crippen molar-refractivity contribution in [1.29, 1.82) is 0 Å². The Morgan fingerprint density at radius 2 is 1.78 bits per heavy atom. The van der Waals surface area contributed by atoms with Crippen LogP contribution in [0.5, 0.6) is 0 Å². The summed E-state index contributed by atoms with van der Waals surface area (Å²) in [5.74, 6) is 0.404. The van der Waals surface area contributed by atoms with E-state index in [-0.39, 0.29) is 11.4 Å². The van der Waals surface area contributed by atoms with Crippen LogP contribution in [0.3, 0.4) is 0 Å². The lowest BCUT2D eigenvalue weighted by Crippen LogP contribution is -2.37. The molecule has 2 heterocycles. The van der Waals surface area contributed by atoms with E-state index in [0.29, 0.717) is 12.0 Å². The summed E-state index contributed by atoms with van der Waals surface area (Å²) in [6.07, 6.45) is 4.78. The van der Waals surface area contributed by atoms with Crippen molar-refractivity contribution in [3.8, 4) is 0 Å². The number of carbonyl (C=O) groups excluding carboxylic acids is 1. The number of pyridine rings is 1. The van der Waals surface area contributed by atoms with Crippen molar-refractivity contribution in [3.05, 3.63) is 59.9 Å². The molecule has 2 atom stereocenters. The van der Waals surface area contributed by atoms with Crippen molar-refractivity contribution in [1.82, 2.24) is 10.3 Å². The van der Waals surface area contributed by atoms with Crippen LogP contribution in [0.15, 0.2) is 48.8 Å². The Labute approximate surface area is 137 Å². The lowest BCUT2D eigenvalue weighted by molar-refractivity contribution is -0.114. The van der Waals surface area contributed by atoms with Crippen molar-refractivity contribution in [2.45, 2.75) is 44.7 Å². The summed E-state index contributed by atoms with van der Waals surface area (Å²) in [4.78, 5) is 15.2. The molecule has 4 nitrogen and oxygen atoms in total. The van der Waals surface area contributed by atoms with Gasteiger partial charge >= 0.3 is 0 Å². The van der Waals surface area contributed by atoms with E-state index in [9.17, 15) is 4.79 Å². The Kier molecular flexibility index (Phi) is 4.18. The van der Waals surface area contributed by atoms with Gasteiger partial charge in [0.1, 0.15) is 0 Å². The zero-order valence-corrected chi connectivity index (χ0v) is 13.8. The highest BCUT2D eigenvalue weighted by atomic mass is 16.1. The van der Waals surface area contributed by atoms with Crippen molar-refractivity contribution < 1.29 is 4.79 Å². The van der Waals surface area contributed by atoms with Gasteiger partial charge in [-0.1, -0.05) is 12.1 Å². The molecule has 1 amide bonds. The molecule has 1 aliphatic heterocycles. The molecule has 1 aromatic carbocycles. The summed E-state index contributed by atoms with van der Waals surface area (Å²) in [5.41, 5.74) is 3.45. The minimum Gasteiger partial charge on any atom is -0.326 e. The summed E-state index contributed by atoms with van der Waals surface area (Å²) >= 11 is 0. The third-order valence-electron chi connectivity index (χ3n) is 4.63. The van der Waals surface area contributed by atoms with Crippen LogP contribution in [-0.4, -0.2) is 16.4 Å². The molecule has 1 saturated heterocycles. The normalized spacial score (nSPS) is 22.7. The molecule has 4 heteroatoms. The second-order valence-corrected chi connectivity index (χ2v) is 6.79. The Bertz CT molecular complexity index is 680. The van der Waals surface area contributed by atoms with Gasteiger partial charge in [0, 0.05) is 42.5 Å². The number of nitrogens with zero attached hydrogens (tertiary/aromatic N) is 1. The molecule has 0 saturated carbocycles. The first-order valence-electron chi connectivity index (χ1n) is 8.01. The Hall–Kier alpha value is -2.20. The fraction of sp³-hybridized carbons (Fsp3) is 0.368. The summed E-state index contributed by atoms with van der Waals surface area (Å²) < 4.78 is 0. The van der Waals surface area contributed by atoms with E-state index in [2.05, 4.69) is 53.7 Å². The molecule has 2 aromatic rings. The first-order chi connectivity index (χ1) is 11.0. The summed E-state index contributed by atoms with van der Waals surface area (Å²) in [6.45, 7) is 6.03. The number of nitrogens with one attached hydrogen (secondary N) is 2. The van der Waals surface area contributed by atoms with Crippen LogP contribution in [0.4, 0.5) is 5.69 Å². The SMILES string of the molecule is CC(=O)Nc1ccc([C@H]2C[C@H](c3ccncc3)C(C)(C)N2)cc1. The topological polar surface area (TPSA) is 54.0 Å². The minimum absolute atomic E-state index is 0.0301. The number of anilines is 1. The van der Waals surface area contributed by atoms with Gasteiger partial charge in [-0.25, -0.2) is 0 Å². The van der Waals surface area contributed by atoms with Crippen molar-refractivity contribution in [2.24, 2.45) is 0 Å². The highest BCUT2D eigenvalue weighted by molar-refractivity contribution is 5.88. The van der Waals surface area contributed by atoms with Gasteiger partial charge in [-0.05, 0) is 55.7 Å². The monoisotopic (exact) mass is 309 g/mol. The predicted octanol–water partition coefficient (Wildman–Crippen LogP) is 3.64. The molecular formula is C19H23N3O. The van der Waals surface area contributed by atoms with Gasteiger partial charge in [-0.15, -0.1) is 0 Å². The van der Waals surface area contributed by atoms with Crippen LogP contribution in [0.2, 0.25) is 0 Å². The molecule has 0 unspecified atom stereocenters. The highest BCUT2D eigenvalue weighted by Gasteiger charge is 2.40. The largest absolute Gasteiger partial charge is 0.326 e. The second kappa shape index (κ2) is 6.13. The smallest absolute Gasteiger partial charge is 0.221 e. The molecule has 0 bridgehead atoms. The molecule has 3 rings (SSSR count). The second-order valence-electron chi connectivity index (χ2n) is 6.79. The van der Waals surface area contributed by atoms with Gasteiger partial charge in [0.05, 0.1) is 0 Å². The maximum absolute atomic E-state index is 11.1. The Morgan fingerprint density at radius 3 is 2.39 bits per heavy atom. The Morgan fingerprint density at radius 1 is 1.13 bits per heavy atom. The van der Waals surface area contributed by atoms with Gasteiger partial charge in [0.2, 0.25) is 5.91 Å². The molecule has 120 valence electrons. The first-order valence-corrected chi connectivity index (χ1v) is 8.01. The van der Waals surface area contributed by atoms with Gasteiger partial charge < -0.3 is 10.6 Å². The molecular weight excluding hydrogens is 286 g/mol. The maximum Gasteiger partial charge on any atom is 0.221 e. The van der Waals surface area contributed by atoms with E-state index in [1.54, 1.807) is 0 Å². The molecule has 0 aliphatic carbocycles. The average molecular weight is 309 g/mol. The molecule has 23 heavy (non-hydrogen) atoms. The summed E-state index contributed by atoms with van der Waals surface area (Å²) in [6, 6.07) is 12.6. The summed E-state index contributed by atoms with van der Waals surface area (Å²) in [5, 5.41) is 6.55. The number of benzene rings is 1. The maximum atomic E-state index is 11.1. The van der Waals surface area contributed by atoms with E-state index < -0.39 is 0 Å². The molecule has 1 aliphatic rings. The highest BCUT2D eigenvalue weighted by Crippen LogP contribution is 2.43. The lowest BCUT2D eigenvalue weighted by atomic mass is 9.83. The van der Waals surface area contributed by atoms with E-state index >= 15 is 0 Å². The number of carbonyl (C=O) groups is 1. The van der Waals surface area contributed by atoms with Crippen LogP contribution in [0.1, 0.15) is 50.3 Å². The average Bonchev–Trinajstić information content (AvgIpc) is 2.84. The third-order valence-corrected chi connectivity index (χ3v) is 4.63. The van der Waals surface area contributed by atoms with Crippen LogP contribution in [-0.2, 0) is 4.79 Å². The van der Waals surface area contributed by atoms with E-state index in [0.717, 1.165) is 12.1 Å². The number of hydrogen-bond donors (Lipinski definition) is 2. The quantitative estimate of drug-likeness (QED) is 0.910. The van der Waals surface area contributed by atoms with Crippen LogP contribution in [0, 0.1) is 0 Å². The third kappa shape index (κ3) is 3.42. The Balaban J connectivity index is 1.79. The van der Waals surface area contributed by atoms with Crippen molar-refractivity contribution >= 4 is 11.6 Å². The number of rotatable bonds is 3. The van der Waals surface area contributed by atoms with Crippen molar-refractivity contribution in [3.63, 3.8) is 0 Å². The first kappa shape index (κ1) is 15.7. The zero-order valence-electron chi connectivity index (χ0n) is 13.8. The van der Waals surface area contributed by atoms with Gasteiger partial charge in [-0.3, -0.25) is 9.78 Å². The van der Waals surface area contributed by atoms with Crippen LogP contribution in [0.25, 0.3) is 0 Å². The van der Waals surface area contributed by atoms with E-state index in [1.165, 1.54) is 18.1 Å². The fourth-order valence-corrected chi connectivity index (χ4v) is 3.51. The fourth-order valence-electron chi connectivity index (χ4n) is 3.51. The molecule has 1 fully saturated rings. The van der Waals surface area contributed by atoms with Crippen LogP contribution < -0.4 is 10.6 Å². The standard InChI is InChI=1S/C19H23N3O/c1-13(23)21-16-6-4-15(5-7-16)18-12-17(19(2,3)22-18)14-8-10-20-11-9-14/h4-11,17-18,22H,12H2,1-3H3,(H,21,23)/t17-,18-/m1/s1. The predicted molar refractivity (Wildman–Crippen MR) is 92.3 cm³/mol. The van der Waals surface area contributed by atoms with Crippen LogP contribution >= 0.6 is 0 Å². The molecule has 2 N–H and O–H groups in total. The van der Waals surface area contributed by atoms with Crippen molar-refractivity contribution in [2.75, 3.05) is 5.32 Å². The lowest BCUT2D eigenvalue weighted by Gasteiger charge is -2.27. The molecule has 0 radical (unpaired) electrons. The number of hydrogen-bond acceptors (Lipinski definition) is 3. The zero-order chi connectivity index (χ0) is 16.4. The van der Waals surface area contributed by atoms with Gasteiger partial charge in [0.25, 0.3) is 0 Å². The molecule has 1 aromatic heterocycles. The number of aromatic nitrogens is 1. The minimum atomic E-state index is -0.0457. The summed E-state index contributed by atoms with van der Waals surface area (Å²) in [7, 11) is 0. The van der Waals surface area contributed by atoms with E-state index in [4.69, 9.17) is 0 Å². The van der Waals surface area contributed by atoms with Gasteiger partial charge in [-0.2, -0.15) is 0 Å². The van der Waals surface area contributed by atoms with E-state index in [1.807, 2.05) is 24.5 Å². The molecule has 0 spiro atoms.